The third-order valence-corrected chi connectivity index (χ3v) is 3.17. The largest absolute Gasteiger partial charge is 0.483 e. The van der Waals surface area contributed by atoms with Gasteiger partial charge in [-0.15, -0.1) is 0 Å². The van der Waals surface area contributed by atoms with Crippen LogP contribution in [0.4, 0.5) is 5.69 Å². The Morgan fingerprint density at radius 2 is 2.29 bits per heavy atom. The summed E-state index contributed by atoms with van der Waals surface area (Å²) in [5.74, 6) is 0.201. The number of rotatable bonds is 5. The van der Waals surface area contributed by atoms with Gasteiger partial charge >= 0.3 is 0 Å². The number of anilines is 1. The lowest BCUT2D eigenvalue weighted by molar-refractivity contribution is -0.126. The molecule has 1 saturated heterocycles. The van der Waals surface area contributed by atoms with Crippen LogP contribution in [0.2, 0.25) is 0 Å². The van der Waals surface area contributed by atoms with Crippen molar-refractivity contribution in [2.24, 2.45) is 10.9 Å². The van der Waals surface area contributed by atoms with Gasteiger partial charge in [0, 0.05) is 0 Å². The molecule has 0 aromatic heterocycles. The van der Waals surface area contributed by atoms with Crippen LogP contribution in [0.5, 0.6) is 5.75 Å². The molecule has 1 heterocycles. The highest BCUT2D eigenvalue weighted by Gasteiger charge is 2.28. The fraction of sp³-hybridized carbons (Fsp3) is 0.429. The molecule has 0 spiro atoms. The van der Waals surface area contributed by atoms with Crippen molar-refractivity contribution in [1.82, 2.24) is 0 Å². The summed E-state index contributed by atoms with van der Waals surface area (Å²) in [7, 11) is 0. The van der Waals surface area contributed by atoms with E-state index in [2.05, 4.69) is 10.5 Å². The number of hydrogen-bond donors (Lipinski definition) is 3. The molecule has 1 aromatic rings. The molecule has 1 amide bonds. The molecule has 114 valence electrons. The molecule has 2 rings (SSSR count). The van der Waals surface area contributed by atoms with Crippen molar-refractivity contribution in [2.45, 2.75) is 32.0 Å². The number of amidine groups is 1. The summed E-state index contributed by atoms with van der Waals surface area (Å²) in [6.45, 7) is 1.88. The van der Waals surface area contributed by atoms with Crippen molar-refractivity contribution in [3.05, 3.63) is 24.3 Å². The van der Waals surface area contributed by atoms with Gasteiger partial charge in [-0.25, -0.2) is 0 Å². The highest BCUT2D eigenvalue weighted by molar-refractivity contribution is 5.95. The molecule has 21 heavy (non-hydrogen) atoms. The first-order valence-electron chi connectivity index (χ1n) is 6.74. The normalized spacial score (nSPS) is 22.0. The molecule has 2 atom stereocenters. The second-order valence-electron chi connectivity index (χ2n) is 4.88. The summed E-state index contributed by atoms with van der Waals surface area (Å²) in [6.07, 6.45) is 1.25. The zero-order valence-electron chi connectivity index (χ0n) is 11.8. The van der Waals surface area contributed by atoms with Crippen molar-refractivity contribution in [1.29, 1.82) is 0 Å². The summed E-state index contributed by atoms with van der Waals surface area (Å²) >= 11 is 0. The minimum absolute atomic E-state index is 0.0518. The molecule has 7 nitrogen and oxygen atoms in total. The van der Waals surface area contributed by atoms with E-state index in [0.29, 0.717) is 17.9 Å². The zero-order valence-corrected chi connectivity index (χ0v) is 11.8. The van der Waals surface area contributed by atoms with Crippen LogP contribution in [0.15, 0.2) is 29.4 Å². The Bertz CT molecular complexity index is 533. The summed E-state index contributed by atoms with van der Waals surface area (Å²) < 4.78 is 10.9. The topological polar surface area (TPSA) is 106 Å². The molecule has 2 unspecified atom stereocenters. The molecular weight excluding hydrogens is 274 g/mol. The van der Waals surface area contributed by atoms with Crippen LogP contribution in [0.3, 0.4) is 0 Å². The SMILES string of the molecule is CC1CCC(C(=O)Nc2ccccc2OC/C(N)=N/O)O1. The van der Waals surface area contributed by atoms with Crippen LogP contribution in [0.1, 0.15) is 19.8 Å². The maximum absolute atomic E-state index is 12.1. The monoisotopic (exact) mass is 293 g/mol. The number of hydrogen-bond acceptors (Lipinski definition) is 5. The average Bonchev–Trinajstić information content (AvgIpc) is 2.92. The summed E-state index contributed by atoms with van der Waals surface area (Å²) in [6, 6.07) is 6.96. The van der Waals surface area contributed by atoms with Crippen molar-refractivity contribution >= 4 is 17.4 Å². The van der Waals surface area contributed by atoms with Gasteiger partial charge in [0.25, 0.3) is 5.91 Å². The first-order valence-corrected chi connectivity index (χ1v) is 6.74. The standard InChI is InChI=1S/C14H19N3O4/c1-9-6-7-12(21-9)14(18)16-10-4-2-3-5-11(10)20-8-13(15)17-19/h2-5,9,12,19H,6-8H2,1H3,(H2,15,17)(H,16,18). The van der Waals surface area contributed by atoms with Crippen molar-refractivity contribution in [2.75, 3.05) is 11.9 Å². The summed E-state index contributed by atoms with van der Waals surface area (Å²) in [5.41, 5.74) is 5.88. The minimum Gasteiger partial charge on any atom is -0.483 e. The van der Waals surface area contributed by atoms with Crippen molar-refractivity contribution in [3.63, 3.8) is 0 Å². The van der Waals surface area contributed by atoms with E-state index in [-0.39, 0.29) is 24.5 Å². The van der Waals surface area contributed by atoms with Gasteiger partial charge in [-0.3, -0.25) is 4.79 Å². The fourth-order valence-corrected chi connectivity index (χ4v) is 2.09. The van der Waals surface area contributed by atoms with E-state index in [4.69, 9.17) is 20.4 Å². The second kappa shape index (κ2) is 6.94. The second-order valence-corrected chi connectivity index (χ2v) is 4.88. The Kier molecular flexibility index (Phi) is 4.99. The number of amides is 1. The van der Waals surface area contributed by atoms with Gasteiger partial charge in [-0.05, 0) is 31.9 Å². The lowest BCUT2D eigenvalue weighted by Gasteiger charge is -2.15. The molecule has 1 fully saturated rings. The number of benzene rings is 1. The smallest absolute Gasteiger partial charge is 0.253 e. The lowest BCUT2D eigenvalue weighted by Crippen LogP contribution is -2.28. The molecule has 0 aliphatic carbocycles. The van der Waals surface area contributed by atoms with E-state index in [1.165, 1.54) is 0 Å². The van der Waals surface area contributed by atoms with Gasteiger partial charge in [0.1, 0.15) is 18.5 Å². The zero-order chi connectivity index (χ0) is 15.2. The van der Waals surface area contributed by atoms with Crippen LogP contribution in [0, 0.1) is 0 Å². The molecule has 4 N–H and O–H groups in total. The van der Waals surface area contributed by atoms with Gasteiger partial charge in [-0.2, -0.15) is 0 Å². The first kappa shape index (κ1) is 15.1. The summed E-state index contributed by atoms with van der Waals surface area (Å²) in [4.78, 5) is 12.1. The maximum atomic E-state index is 12.1. The first-order chi connectivity index (χ1) is 10.1. The predicted molar refractivity (Wildman–Crippen MR) is 77.5 cm³/mol. The molecule has 0 bridgehead atoms. The number of carbonyl (C=O) groups is 1. The Labute approximate surface area is 122 Å². The number of oxime groups is 1. The molecule has 7 heteroatoms. The molecule has 0 saturated carbocycles. The number of carbonyl (C=O) groups excluding carboxylic acids is 1. The number of nitrogens with one attached hydrogen (secondary N) is 1. The third-order valence-electron chi connectivity index (χ3n) is 3.17. The van der Waals surface area contributed by atoms with E-state index in [1.807, 2.05) is 6.92 Å². The highest BCUT2D eigenvalue weighted by Crippen LogP contribution is 2.26. The minimum atomic E-state index is -0.433. The van der Waals surface area contributed by atoms with Gasteiger partial charge in [0.2, 0.25) is 0 Å². The predicted octanol–water partition coefficient (Wildman–Crippen LogP) is 1.32. The van der Waals surface area contributed by atoms with E-state index in [9.17, 15) is 4.79 Å². The number of para-hydroxylation sites is 2. The highest BCUT2D eigenvalue weighted by atomic mass is 16.5. The summed E-state index contributed by atoms with van der Waals surface area (Å²) in [5, 5.41) is 14.1. The van der Waals surface area contributed by atoms with Crippen molar-refractivity contribution < 1.29 is 19.5 Å². The van der Waals surface area contributed by atoms with Gasteiger partial charge in [-0.1, -0.05) is 17.3 Å². The quantitative estimate of drug-likeness (QED) is 0.328. The molecule has 0 radical (unpaired) electrons. The number of ether oxygens (including phenoxy) is 2. The lowest BCUT2D eigenvalue weighted by atomic mass is 10.2. The van der Waals surface area contributed by atoms with Crippen LogP contribution in [0.25, 0.3) is 0 Å². The van der Waals surface area contributed by atoms with E-state index in [1.54, 1.807) is 24.3 Å². The van der Waals surface area contributed by atoms with E-state index < -0.39 is 6.10 Å². The fourth-order valence-electron chi connectivity index (χ4n) is 2.09. The van der Waals surface area contributed by atoms with Crippen molar-refractivity contribution in [3.8, 4) is 5.75 Å². The van der Waals surface area contributed by atoms with Crippen LogP contribution in [-0.2, 0) is 9.53 Å². The molecule has 1 aliphatic heterocycles. The Morgan fingerprint density at radius 1 is 1.52 bits per heavy atom. The maximum Gasteiger partial charge on any atom is 0.253 e. The number of nitrogens with zero attached hydrogens (tertiary/aromatic N) is 1. The van der Waals surface area contributed by atoms with Gasteiger partial charge < -0.3 is 25.7 Å². The van der Waals surface area contributed by atoms with Crippen LogP contribution < -0.4 is 15.8 Å². The average molecular weight is 293 g/mol. The Morgan fingerprint density at radius 3 is 2.95 bits per heavy atom. The molecule has 1 aliphatic rings. The Balaban J connectivity index is 2.00. The van der Waals surface area contributed by atoms with Gasteiger partial charge in [0.15, 0.2) is 5.84 Å². The van der Waals surface area contributed by atoms with Crippen LogP contribution >= 0.6 is 0 Å². The van der Waals surface area contributed by atoms with E-state index in [0.717, 1.165) is 6.42 Å². The van der Waals surface area contributed by atoms with Crippen LogP contribution in [-0.4, -0.2) is 35.8 Å². The Hall–Kier alpha value is -2.28. The molecule has 1 aromatic carbocycles. The number of nitrogens with two attached hydrogens (primary N) is 1. The van der Waals surface area contributed by atoms with E-state index >= 15 is 0 Å². The van der Waals surface area contributed by atoms with Gasteiger partial charge in [0.05, 0.1) is 11.8 Å². The third kappa shape index (κ3) is 4.09. The molecular formula is C14H19N3O4.